The number of rotatable bonds is 9. The summed E-state index contributed by atoms with van der Waals surface area (Å²) in [5.74, 6) is -1.57. The van der Waals surface area contributed by atoms with Gasteiger partial charge in [-0.05, 0) is 30.7 Å². The van der Waals surface area contributed by atoms with E-state index in [-0.39, 0.29) is 41.3 Å². The summed E-state index contributed by atoms with van der Waals surface area (Å²) in [4.78, 5) is 58.8. The van der Waals surface area contributed by atoms with Gasteiger partial charge in [-0.1, -0.05) is 5.16 Å². The smallest absolute Gasteiger partial charge is 0.355 e. The fourth-order valence-electron chi connectivity index (χ4n) is 3.32. The lowest BCUT2D eigenvalue weighted by atomic mass is 10.0. The fourth-order valence-corrected chi connectivity index (χ4v) is 4.95. The van der Waals surface area contributed by atoms with E-state index in [0.717, 1.165) is 11.5 Å². The number of thioether (sulfide) groups is 1. The van der Waals surface area contributed by atoms with Crippen LogP contribution in [-0.4, -0.2) is 66.5 Å². The number of β-lactam (4-membered cyclic amide) rings is 1. The highest BCUT2D eigenvalue weighted by atomic mass is 32.2. The number of nitrogens with zero attached hydrogens (tertiary/aromatic N) is 5. The minimum Gasteiger partial charge on any atom is -0.456 e. The van der Waals surface area contributed by atoms with E-state index in [1.165, 1.54) is 40.9 Å². The molecule has 2 aliphatic heterocycles. The Morgan fingerprint density at radius 1 is 1.36 bits per heavy atom. The number of carbonyl (C=O) groups excluding carboxylic acids is 3. The van der Waals surface area contributed by atoms with Crippen LogP contribution >= 0.6 is 23.3 Å². The number of nitrogens with two attached hydrogens (primary N) is 1. The zero-order valence-electron chi connectivity index (χ0n) is 18.7. The number of anilines is 1. The van der Waals surface area contributed by atoms with Crippen LogP contribution in [0.15, 0.2) is 41.2 Å². The van der Waals surface area contributed by atoms with Crippen LogP contribution in [0.4, 0.5) is 10.8 Å². The first-order valence-corrected chi connectivity index (χ1v) is 12.3. The predicted octanol–water partition coefficient (Wildman–Crippen LogP) is 0.796. The third-order valence-electron chi connectivity index (χ3n) is 5.01. The first-order chi connectivity index (χ1) is 17.3. The normalized spacial score (nSPS) is 19.0. The number of benzene rings is 1. The summed E-state index contributed by atoms with van der Waals surface area (Å²) in [5, 5.41) is 16.7. The molecule has 0 aliphatic carbocycles. The Kier molecular flexibility index (Phi) is 7.44. The Labute approximate surface area is 211 Å². The van der Waals surface area contributed by atoms with E-state index in [4.69, 9.17) is 15.3 Å². The van der Waals surface area contributed by atoms with Gasteiger partial charge in [0.15, 0.2) is 5.13 Å². The summed E-state index contributed by atoms with van der Waals surface area (Å²) < 4.78 is 9.26. The number of carbonyl (C=O) groups is 3. The van der Waals surface area contributed by atoms with Crippen LogP contribution in [0.25, 0.3) is 0 Å². The minimum atomic E-state index is -0.920. The van der Waals surface area contributed by atoms with Crippen LogP contribution in [0.2, 0.25) is 0 Å². The molecule has 1 aromatic carbocycles. The van der Waals surface area contributed by atoms with Crippen LogP contribution in [0, 0.1) is 10.1 Å². The number of oxime groups is 1. The molecule has 14 nitrogen and oxygen atoms in total. The average molecular weight is 534 g/mol. The van der Waals surface area contributed by atoms with Crippen molar-refractivity contribution in [1.82, 2.24) is 19.6 Å². The molecule has 1 fully saturated rings. The van der Waals surface area contributed by atoms with Crippen molar-refractivity contribution >= 4 is 57.6 Å². The molecule has 1 saturated heterocycles. The van der Waals surface area contributed by atoms with Crippen molar-refractivity contribution < 1.29 is 28.9 Å². The number of aromatic nitrogens is 2. The van der Waals surface area contributed by atoms with E-state index >= 15 is 0 Å². The van der Waals surface area contributed by atoms with Gasteiger partial charge in [-0.3, -0.25) is 24.6 Å². The van der Waals surface area contributed by atoms with Crippen molar-refractivity contribution in [2.75, 3.05) is 18.1 Å². The molecule has 2 amide bonds. The Bertz CT molecular complexity index is 1260. The molecule has 0 radical (unpaired) electrons. The molecule has 36 heavy (non-hydrogen) atoms. The molecular weight excluding hydrogens is 514 g/mol. The number of fused-ring (bicyclic) bond motifs is 1. The summed E-state index contributed by atoms with van der Waals surface area (Å²) in [6.07, 6.45) is 1.57. The lowest BCUT2D eigenvalue weighted by molar-refractivity contribution is -0.384. The number of hydrogen-bond donors (Lipinski definition) is 2. The largest absolute Gasteiger partial charge is 0.456 e. The van der Waals surface area contributed by atoms with E-state index in [2.05, 4.69) is 19.8 Å². The Balaban J connectivity index is 1.39. The van der Waals surface area contributed by atoms with Gasteiger partial charge in [0.05, 0.1) is 4.92 Å². The number of amides is 2. The molecule has 16 heteroatoms. The second-order valence-electron chi connectivity index (χ2n) is 7.29. The average Bonchev–Trinajstić information content (AvgIpc) is 3.31. The molecule has 188 valence electrons. The number of nitro groups is 1. The molecule has 0 saturated carbocycles. The van der Waals surface area contributed by atoms with Crippen molar-refractivity contribution in [2.24, 2.45) is 5.16 Å². The monoisotopic (exact) mass is 533 g/mol. The van der Waals surface area contributed by atoms with Crippen LogP contribution < -0.4 is 11.1 Å². The van der Waals surface area contributed by atoms with Crippen molar-refractivity contribution in [2.45, 2.75) is 24.9 Å². The van der Waals surface area contributed by atoms with Gasteiger partial charge < -0.3 is 20.6 Å². The van der Waals surface area contributed by atoms with E-state index in [1.807, 2.05) is 0 Å². The molecule has 2 aliphatic rings. The number of nitrogen functional groups attached to an aromatic ring is 1. The highest BCUT2D eigenvalue weighted by Gasteiger charge is 2.53. The van der Waals surface area contributed by atoms with E-state index in [0.29, 0.717) is 11.3 Å². The Morgan fingerprint density at radius 2 is 2.11 bits per heavy atom. The van der Waals surface area contributed by atoms with Crippen LogP contribution in [0.3, 0.4) is 0 Å². The first-order valence-electron chi connectivity index (χ1n) is 10.5. The van der Waals surface area contributed by atoms with E-state index in [1.54, 1.807) is 13.0 Å². The van der Waals surface area contributed by atoms with Gasteiger partial charge in [-0.15, -0.1) is 11.8 Å². The standard InChI is InChI=1S/C20H19N7O7S2/c1-2-34-24-13(15-23-20(21)36-25-15)16(28)22-14-17(29)26-12(7-8-35-18(14)26)19(30)33-9-10-3-5-11(6-4-10)27(31)32/h3-7,14,18H,2,8-9H2,1H3,(H,22,28)(H2,21,23,25)/t14?,18-/m1/s1. The third kappa shape index (κ3) is 5.13. The van der Waals surface area contributed by atoms with E-state index in [9.17, 15) is 24.5 Å². The molecule has 0 bridgehead atoms. The predicted molar refractivity (Wildman–Crippen MR) is 128 cm³/mol. The van der Waals surface area contributed by atoms with Gasteiger partial charge >= 0.3 is 5.97 Å². The minimum absolute atomic E-state index is 0.0289. The highest BCUT2D eigenvalue weighted by molar-refractivity contribution is 8.00. The fraction of sp³-hybridized carbons (Fsp3) is 0.300. The zero-order valence-corrected chi connectivity index (χ0v) is 20.3. The Hall–Kier alpha value is -4.05. The summed E-state index contributed by atoms with van der Waals surface area (Å²) in [5.41, 5.74) is 5.90. The van der Waals surface area contributed by atoms with Crippen molar-refractivity contribution in [3.63, 3.8) is 0 Å². The molecular formula is C20H19N7O7S2. The van der Waals surface area contributed by atoms with Gasteiger partial charge in [0.2, 0.25) is 11.5 Å². The summed E-state index contributed by atoms with van der Waals surface area (Å²) in [7, 11) is 0. The van der Waals surface area contributed by atoms with Crippen LogP contribution in [0.1, 0.15) is 18.3 Å². The number of esters is 1. The summed E-state index contributed by atoms with van der Waals surface area (Å²) >= 11 is 2.24. The molecule has 2 aromatic rings. The third-order valence-corrected chi connectivity index (χ3v) is 6.74. The quantitative estimate of drug-likeness (QED) is 0.152. The Morgan fingerprint density at radius 3 is 2.75 bits per heavy atom. The zero-order chi connectivity index (χ0) is 25.8. The van der Waals surface area contributed by atoms with Crippen LogP contribution in [-0.2, 0) is 30.6 Å². The molecule has 3 heterocycles. The topological polar surface area (TPSA) is 192 Å². The van der Waals surface area contributed by atoms with Crippen molar-refractivity contribution in [3.05, 3.63) is 57.5 Å². The lowest BCUT2D eigenvalue weighted by Crippen LogP contribution is -2.70. The molecule has 3 N–H and O–H groups in total. The van der Waals surface area contributed by atoms with Gasteiger partial charge in [-0.25, -0.2) is 4.79 Å². The van der Waals surface area contributed by atoms with E-state index < -0.39 is 34.1 Å². The van der Waals surface area contributed by atoms with Crippen LogP contribution in [0.5, 0.6) is 0 Å². The number of nitrogens with one attached hydrogen (secondary N) is 1. The van der Waals surface area contributed by atoms with Gasteiger partial charge in [0, 0.05) is 29.4 Å². The van der Waals surface area contributed by atoms with Gasteiger partial charge in [-0.2, -0.15) is 9.36 Å². The molecule has 1 unspecified atom stereocenters. The van der Waals surface area contributed by atoms with Gasteiger partial charge in [0.25, 0.3) is 17.5 Å². The van der Waals surface area contributed by atoms with Crippen molar-refractivity contribution in [1.29, 1.82) is 0 Å². The van der Waals surface area contributed by atoms with Crippen molar-refractivity contribution in [3.8, 4) is 0 Å². The second kappa shape index (κ2) is 10.7. The number of non-ortho nitro benzene ring substituents is 1. The number of nitro benzene ring substituents is 1. The second-order valence-corrected chi connectivity index (χ2v) is 9.22. The first kappa shape index (κ1) is 25.1. The number of hydrogen-bond acceptors (Lipinski definition) is 13. The lowest BCUT2D eigenvalue weighted by Gasteiger charge is -2.48. The molecule has 2 atom stereocenters. The number of ether oxygens (including phenoxy) is 1. The summed E-state index contributed by atoms with van der Waals surface area (Å²) in [6.45, 7) is 1.75. The summed E-state index contributed by atoms with van der Waals surface area (Å²) in [6, 6.07) is 4.65. The molecule has 1 aromatic heterocycles. The molecule has 0 spiro atoms. The highest BCUT2D eigenvalue weighted by Crippen LogP contribution is 2.38. The molecule has 4 rings (SSSR count). The van der Waals surface area contributed by atoms with Gasteiger partial charge in [0.1, 0.15) is 30.3 Å². The maximum Gasteiger partial charge on any atom is 0.355 e. The maximum atomic E-state index is 12.9. The SMILES string of the molecule is CCON=C(C(=O)NC1C(=O)N2C(C(=O)OCc3ccc([N+](=O)[O-])cc3)=CCS[C@H]12)c1nsc(N)n1. The maximum absolute atomic E-state index is 12.9.